The molecule has 0 fully saturated rings. The first-order valence-corrected chi connectivity index (χ1v) is 7.22. The molecule has 2 N–H and O–H groups in total. The van der Waals surface area contributed by atoms with Crippen molar-refractivity contribution in [2.75, 3.05) is 10.6 Å². The quantitative estimate of drug-likeness (QED) is 0.911. The Morgan fingerprint density at radius 1 is 1.53 bits per heavy atom. The van der Waals surface area contributed by atoms with Crippen LogP contribution in [0.1, 0.15) is 24.2 Å². The number of halogens is 1. The zero-order valence-electron chi connectivity index (χ0n) is 10.2. The van der Waals surface area contributed by atoms with Crippen LogP contribution in [0.25, 0.3) is 0 Å². The Kier molecular flexibility index (Phi) is 3.16. The van der Waals surface area contributed by atoms with Crippen molar-refractivity contribution in [1.82, 2.24) is 4.98 Å². The van der Waals surface area contributed by atoms with Crippen LogP contribution in [0.3, 0.4) is 0 Å². The number of nitrogens with one attached hydrogen (secondary N) is 2. The summed E-state index contributed by atoms with van der Waals surface area (Å²) >= 11 is 7.79. The number of aromatic nitrogens is 1. The number of anilines is 2. The summed E-state index contributed by atoms with van der Waals surface area (Å²) in [6, 6.07) is 3.79. The summed E-state index contributed by atoms with van der Waals surface area (Å²) < 4.78 is 0. The standard InChI is InChI=1S/C13H12ClN3OS/c1-7(12-5-19-6-15-12)16-11-2-8-3-13(18)17-10(8)4-9(11)14/h2,4-7,16H,3H2,1H3,(H,17,18). The molecule has 98 valence electrons. The molecule has 1 unspecified atom stereocenters. The predicted octanol–water partition coefficient (Wildman–Crippen LogP) is 3.46. The minimum Gasteiger partial charge on any atom is -0.376 e. The van der Waals surface area contributed by atoms with Crippen LogP contribution in [0.15, 0.2) is 23.0 Å². The lowest BCUT2D eigenvalue weighted by atomic mass is 10.1. The van der Waals surface area contributed by atoms with E-state index in [1.165, 1.54) is 0 Å². The van der Waals surface area contributed by atoms with Gasteiger partial charge in [-0.2, -0.15) is 0 Å². The largest absolute Gasteiger partial charge is 0.376 e. The number of fused-ring (bicyclic) bond motifs is 1. The van der Waals surface area contributed by atoms with Crippen molar-refractivity contribution >= 4 is 40.2 Å². The van der Waals surface area contributed by atoms with Gasteiger partial charge in [0.2, 0.25) is 5.91 Å². The molecular weight excluding hydrogens is 282 g/mol. The highest BCUT2D eigenvalue weighted by Crippen LogP contribution is 2.34. The smallest absolute Gasteiger partial charge is 0.228 e. The molecular formula is C13H12ClN3OS. The first kappa shape index (κ1) is 12.4. The molecule has 2 heterocycles. The molecule has 1 aromatic heterocycles. The molecule has 1 aliphatic heterocycles. The van der Waals surface area contributed by atoms with E-state index in [1.807, 2.05) is 18.4 Å². The Hall–Kier alpha value is -1.59. The lowest BCUT2D eigenvalue weighted by Crippen LogP contribution is -2.07. The summed E-state index contributed by atoms with van der Waals surface area (Å²) in [6.45, 7) is 2.03. The number of thiazole rings is 1. The fourth-order valence-electron chi connectivity index (χ4n) is 2.10. The number of amides is 1. The molecule has 0 saturated carbocycles. The summed E-state index contributed by atoms with van der Waals surface area (Å²) in [5.74, 6) is 0.00997. The number of hydrogen-bond donors (Lipinski definition) is 2. The summed E-state index contributed by atoms with van der Waals surface area (Å²) in [5, 5.41) is 8.72. The van der Waals surface area contributed by atoms with E-state index in [0.717, 1.165) is 22.6 Å². The van der Waals surface area contributed by atoms with Crippen molar-refractivity contribution in [2.24, 2.45) is 0 Å². The highest BCUT2D eigenvalue weighted by Gasteiger charge is 2.20. The van der Waals surface area contributed by atoms with Gasteiger partial charge in [-0.25, -0.2) is 4.98 Å². The van der Waals surface area contributed by atoms with Crippen LogP contribution in [-0.2, 0) is 11.2 Å². The van der Waals surface area contributed by atoms with Gasteiger partial charge in [-0.1, -0.05) is 11.6 Å². The predicted molar refractivity (Wildman–Crippen MR) is 77.9 cm³/mol. The Balaban J connectivity index is 1.86. The zero-order chi connectivity index (χ0) is 13.4. The summed E-state index contributed by atoms with van der Waals surface area (Å²) in [6.07, 6.45) is 0.409. The molecule has 6 heteroatoms. The maximum absolute atomic E-state index is 11.3. The zero-order valence-corrected chi connectivity index (χ0v) is 11.8. The minimum atomic E-state index is 0.00997. The van der Waals surface area contributed by atoms with E-state index in [9.17, 15) is 4.79 Å². The molecule has 3 rings (SSSR count). The van der Waals surface area contributed by atoms with Gasteiger partial charge in [-0.15, -0.1) is 11.3 Å². The Morgan fingerprint density at radius 3 is 3.11 bits per heavy atom. The molecule has 0 radical (unpaired) electrons. The SMILES string of the molecule is CC(Nc1cc2c(cc1Cl)NC(=O)C2)c1cscn1. The average molecular weight is 294 g/mol. The number of hydrogen-bond acceptors (Lipinski definition) is 4. The van der Waals surface area contributed by atoms with E-state index >= 15 is 0 Å². The Morgan fingerprint density at radius 2 is 2.37 bits per heavy atom. The molecule has 4 nitrogen and oxygen atoms in total. The molecule has 0 spiro atoms. The van der Waals surface area contributed by atoms with Gasteiger partial charge >= 0.3 is 0 Å². The van der Waals surface area contributed by atoms with Crippen LogP contribution >= 0.6 is 22.9 Å². The second-order valence-electron chi connectivity index (χ2n) is 4.49. The van der Waals surface area contributed by atoms with E-state index in [4.69, 9.17) is 11.6 Å². The minimum absolute atomic E-state index is 0.00997. The third-order valence-corrected chi connectivity index (χ3v) is 4.00. The van der Waals surface area contributed by atoms with E-state index in [-0.39, 0.29) is 11.9 Å². The van der Waals surface area contributed by atoms with Crippen molar-refractivity contribution < 1.29 is 4.79 Å². The number of carbonyl (C=O) groups excluding carboxylic acids is 1. The van der Waals surface area contributed by atoms with Gasteiger partial charge in [-0.05, 0) is 24.6 Å². The number of nitrogens with zero attached hydrogens (tertiary/aromatic N) is 1. The summed E-state index contributed by atoms with van der Waals surface area (Å²) in [4.78, 5) is 15.6. The number of benzene rings is 1. The van der Waals surface area contributed by atoms with E-state index < -0.39 is 0 Å². The van der Waals surface area contributed by atoms with Crippen LogP contribution in [0, 0.1) is 0 Å². The van der Waals surface area contributed by atoms with Crippen LogP contribution in [0.5, 0.6) is 0 Å². The number of rotatable bonds is 3. The monoisotopic (exact) mass is 293 g/mol. The Labute approximate surface area is 119 Å². The van der Waals surface area contributed by atoms with E-state index in [1.54, 1.807) is 22.9 Å². The molecule has 1 amide bonds. The first-order valence-electron chi connectivity index (χ1n) is 5.90. The van der Waals surface area contributed by atoms with Crippen molar-refractivity contribution in [3.63, 3.8) is 0 Å². The van der Waals surface area contributed by atoms with Crippen molar-refractivity contribution in [2.45, 2.75) is 19.4 Å². The molecule has 1 aromatic carbocycles. The van der Waals surface area contributed by atoms with Gasteiger partial charge < -0.3 is 10.6 Å². The van der Waals surface area contributed by atoms with Gasteiger partial charge in [0, 0.05) is 11.1 Å². The maximum Gasteiger partial charge on any atom is 0.228 e. The van der Waals surface area contributed by atoms with Gasteiger partial charge in [0.05, 0.1) is 34.4 Å². The Bertz CT molecular complexity index is 627. The van der Waals surface area contributed by atoms with Crippen LogP contribution in [0.2, 0.25) is 5.02 Å². The molecule has 2 aromatic rings. The topological polar surface area (TPSA) is 54.0 Å². The fraction of sp³-hybridized carbons (Fsp3) is 0.231. The van der Waals surface area contributed by atoms with Crippen LogP contribution < -0.4 is 10.6 Å². The van der Waals surface area contributed by atoms with Gasteiger partial charge in [0.15, 0.2) is 0 Å². The maximum atomic E-state index is 11.3. The van der Waals surface area contributed by atoms with Crippen molar-refractivity contribution in [1.29, 1.82) is 0 Å². The summed E-state index contributed by atoms with van der Waals surface area (Å²) in [7, 11) is 0. The van der Waals surface area contributed by atoms with Crippen molar-refractivity contribution in [3.05, 3.63) is 39.3 Å². The molecule has 1 atom stereocenters. The van der Waals surface area contributed by atoms with Crippen molar-refractivity contribution in [3.8, 4) is 0 Å². The highest BCUT2D eigenvalue weighted by molar-refractivity contribution is 7.07. The highest BCUT2D eigenvalue weighted by atomic mass is 35.5. The van der Waals surface area contributed by atoms with E-state index in [0.29, 0.717) is 11.4 Å². The van der Waals surface area contributed by atoms with Gasteiger partial charge in [-0.3, -0.25) is 4.79 Å². The van der Waals surface area contributed by atoms with Crippen LogP contribution in [0.4, 0.5) is 11.4 Å². The second kappa shape index (κ2) is 4.83. The fourth-order valence-corrected chi connectivity index (χ4v) is 2.97. The molecule has 0 aliphatic carbocycles. The molecule has 0 saturated heterocycles. The normalized spacial score (nSPS) is 14.9. The average Bonchev–Trinajstić information content (AvgIpc) is 2.97. The lowest BCUT2D eigenvalue weighted by Gasteiger charge is -2.15. The molecule has 1 aliphatic rings. The van der Waals surface area contributed by atoms with Gasteiger partial charge in [0.25, 0.3) is 0 Å². The third kappa shape index (κ3) is 2.43. The molecule has 19 heavy (non-hydrogen) atoms. The van der Waals surface area contributed by atoms with Crippen LogP contribution in [-0.4, -0.2) is 10.9 Å². The third-order valence-electron chi connectivity index (χ3n) is 3.09. The first-order chi connectivity index (χ1) is 9.13. The second-order valence-corrected chi connectivity index (χ2v) is 5.62. The summed E-state index contributed by atoms with van der Waals surface area (Å²) in [5.41, 5.74) is 5.40. The molecule has 0 bridgehead atoms. The lowest BCUT2D eigenvalue weighted by molar-refractivity contribution is -0.115. The number of carbonyl (C=O) groups is 1. The van der Waals surface area contributed by atoms with E-state index in [2.05, 4.69) is 15.6 Å². The van der Waals surface area contributed by atoms with Gasteiger partial charge in [0.1, 0.15) is 0 Å².